The number of aliphatic hydroxyl groups is 1. The topological polar surface area (TPSA) is 72.8 Å². The van der Waals surface area contributed by atoms with Crippen molar-refractivity contribution in [2.75, 3.05) is 13.1 Å². The molecule has 0 bridgehead atoms. The summed E-state index contributed by atoms with van der Waals surface area (Å²) in [5.74, 6) is 0. The number of halogens is 1. The molecule has 158 valence electrons. The monoisotopic (exact) mass is 418 g/mol. The molecular weight excluding hydrogens is 388 g/mol. The van der Waals surface area contributed by atoms with E-state index in [0.717, 1.165) is 17.5 Å². The Balaban J connectivity index is 2.05. The minimum atomic E-state index is -1.03. The first-order valence-electron chi connectivity index (χ1n) is 9.88. The summed E-state index contributed by atoms with van der Waals surface area (Å²) in [5, 5.41) is 24.7. The van der Waals surface area contributed by atoms with Crippen molar-refractivity contribution in [2.45, 2.75) is 51.3 Å². The summed E-state index contributed by atoms with van der Waals surface area (Å²) in [6.07, 6.45) is -0.651. The molecule has 0 saturated heterocycles. The molecule has 3 N–H and O–H groups in total. The SMILES string of the molecule is CC(C)(C)N(C(=O)O)[C@@H](Cc1ccccc1)[C@H](O)CNCCc1cccc(Cl)c1. The maximum absolute atomic E-state index is 12.0. The Kier molecular flexibility index (Phi) is 8.50. The molecule has 0 unspecified atom stereocenters. The largest absolute Gasteiger partial charge is 0.465 e. The molecule has 2 aromatic carbocycles. The van der Waals surface area contributed by atoms with Crippen LogP contribution in [0.25, 0.3) is 0 Å². The van der Waals surface area contributed by atoms with E-state index in [1.165, 1.54) is 4.90 Å². The molecule has 1 amide bonds. The second-order valence-electron chi connectivity index (χ2n) is 8.23. The van der Waals surface area contributed by atoms with Crippen LogP contribution in [0.3, 0.4) is 0 Å². The lowest BCUT2D eigenvalue weighted by Gasteiger charge is -2.42. The first kappa shape index (κ1) is 23.2. The van der Waals surface area contributed by atoms with Gasteiger partial charge < -0.3 is 15.5 Å². The Bertz CT molecular complexity index is 777. The van der Waals surface area contributed by atoms with Gasteiger partial charge >= 0.3 is 6.09 Å². The standard InChI is InChI=1S/C23H31ClN2O3/c1-23(2,3)26(22(28)29)20(15-17-8-5-4-6-9-17)21(27)16-25-13-12-18-10-7-11-19(24)14-18/h4-11,14,20-21,25,27H,12-13,15-16H2,1-3H3,(H,28,29)/t20-,21+/m0/s1. The van der Waals surface area contributed by atoms with Gasteiger partial charge in [-0.3, -0.25) is 4.90 Å². The average molecular weight is 419 g/mol. The molecule has 0 heterocycles. The van der Waals surface area contributed by atoms with E-state index in [9.17, 15) is 15.0 Å². The van der Waals surface area contributed by atoms with Gasteiger partial charge in [0.2, 0.25) is 0 Å². The lowest BCUT2D eigenvalue weighted by molar-refractivity contribution is 0.00792. The molecule has 0 radical (unpaired) electrons. The highest BCUT2D eigenvalue weighted by Crippen LogP contribution is 2.22. The first-order chi connectivity index (χ1) is 13.7. The predicted molar refractivity (Wildman–Crippen MR) is 118 cm³/mol. The second-order valence-corrected chi connectivity index (χ2v) is 8.67. The van der Waals surface area contributed by atoms with Crippen molar-refractivity contribution in [1.82, 2.24) is 10.2 Å². The van der Waals surface area contributed by atoms with Crippen LogP contribution in [0.15, 0.2) is 54.6 Å². The van der Waals surface area contributed by atoms with Crippen LogP contribution in [0.2, 0.25) is 5.02 Å². The van der Waals surface area contributed by atoms with E-state index < -0.39 is 23.8 Å². The van der Waals surface area contributed by atoms with Crippen molar-refractivity contribution in [3.63, 3.8) is 0 Å². The Morgan fingerprint density at radius 2 is 1.76 bits per heavy atom. The highest BCUT2D eigenvalue weighted by atomic mass is 35.5. The molecule has 2 atom stereocenters. The van der Waals surface area contributed by atoms with Gasteiger partial charge in [-0.25, -0.2) is 4.79 Å². The highest BCUT2D eigenvalue weighted by molar-refractivity contribution is 6.30. The Morgan fingerprint density at radius 3 is 2.34 bits per heavy atom. The molecule has 0 aliphatic rings. The van der Waals surface area contributed by atoms with Crippen molar-refractivity contribution in [2.24, 2.45) is 0 Å². The fourth-order valence-electron chi connectivity index (χ4n) is 3.49. The van der Waals surface area contributed by atoms with E-state index in [1.807, 2.05) is 75.4 Å². The lowest BCUT2D eigenvalue weighted by Crippen LogP contribution is -2.58. The maximum atomic E-state index is 12.0. The van der Waals surface area contributed by atoms with Crippen molar-refractivity contribution in [3.05, 3.63) is 70.7 Å². The van der Waals surface area contributed by atoms with Gasteiger partial charge in [-0.05, 0) is 63.4 Å². The number of amides is 1. The predicted octanol–water partition coefficient (Wildman–Crippen LogP) is 4.22. The van der Waals surface area contributed by atoms with Crippen LogP contribution in [0.4, 0.5) is 4.79 Å². The van der Waals surface area contributed by atoms with Crippen molar-refractivity contribution >= 4 is 17.7 Å². The maximum Gasteiger partial charge on any atom is 0.408 e. The van der Waals surface area contributed by atoms with Crippen LogP contribution in [-0.2, 0) is 12.8 Å². The van der Waals surface area contributed by atoms with Gasteiger partial charge in [0.25, 0.3) is 0 Å². The van der Waals surface area contributed by atoms with Crippen LogP contribution in [0, 0.1) is 0 Å². The van der Waals surface area contributed by atoms with Gasteiger partial charge in [-0.1, -0.05) is 54.1 Å². The fraction of sp³-hybridized carbons (Fsp3) is 0.435. The molecule has 0 spiro atoms. The number of hydrogen-bond donors (Lipinski definition) is 3. The zero-order valence-corrected chi connectivity index (χ0v) is 18.1. The van der Waals surface area contributed by atoms with Crippen LogP contribution < -0.4 is 5.32 Å². The van der Waals surface area contributed by atoms with Crippen LogP contribution in [0.1, 0.15) is 31.9 Å². The third-order valence-electron chi connectivity index (χ3n) is 4.83. The summed E-state index contributed by atoms with van der Waals surface area (Å²) in [6, 6.07) is 16.8. The minimum absolute atomic E-state index is 0.303. The zero-order valence-electron chi connectivity index (χ0n) is 17.3. The minimum Gasteiger partial charge on any atom is -0.465 e. The van der Waals surface area contributed by atoms with Gasteiger partial charge in [-0.15, -0.1) is 0 Å². The van der Waals surface area contributed by atoms with Crippen molar-refractivity contribution < 1.29 is 15.0 Å². The molecular formula is C23H31ClN2O3. The number of carbonyl (C=O) groups is 1. The van der Waals surface area contributed by atoms with E-state index >= 15 is 0 Å². The molecule has 2 rings (SSSR count). The quantitative estimate of drug-likeness (QED) is 0.533. The Hall–Kier alpha value is -2.08. The van der Waals surface area contributed by atoms with Gasteiger partial charge in [0.15, 0.2) is 0 Å². The molecule has 6 heteroatoms. The molecule has 2 aromatic rings. The smallest absolute Gasteiger partial charge is 0.408 e. The van der Waals surface area contributed by atoms with E-state index in [4.69, 9.17) is 11.6 Å². The van der Waals surface area contributed by atoms with E-state index in [2.05, 4.69) is 5.32 Å². The zero-order chi connectivity index (χ0) is 21.4. The highest BCUT2D eigenvalue weighted by Gasteiger charge is 2.37. The molecule has 0 fully saturated rings. The third-order valence-corrected chi connectivity index (χ3v) is 5.06. The van der Waals surface area contributed by atoms with Crippen molar-refractivity contribution in [3.8, 4) is 0 Å². The van der Waals surface area contributed by atoms with E-state index in [-0.39, 0.29) is 0 Å². The molecule has 29 heavy (non-hydrogen) atoms. The summed E-state index contributed by atoms with van der Waals surface area (Å²) < 4.78 is 0. The van der Waals surface area contributed by atoms with Gasteiger partial charge in [-0.2, -0.15) is 0 Å². The number of hydrogen-bond acceptors (Lipinski definition) is 3. The summed E-state index contributed by atoms with van der Waals surface area (Å²) in [5.41, 5.74) is 1.47. The summed E-state index contributed by atoms with van der Waals surface area (Å²) in [6.45, 7) is 6.51. The van der Waals surface area contributed by atoms with Gasteiger partial charge in [0.1, 0.15) is 0 Å². The summed E-state index contributed by atoms with van der Waals surface area (Å²) >= 11 is 6.01. The number of benzene rings is 2. The summed E-state index contributed by atoms with van der Waals surface area (Å²) in [4.78, 5) is 13.4. The number of aliphatic hydroxyl groups excluding tert-OH is 1. The number of nitrogens with one attached hydrogen (secondary N) is 1. The van der Waals surface area contributed by atoms with Crippen LogP contribution in [0.5, 0.6) is 0 Å². The van der Waals surface area contributed by atoms with E-state index in [1.54, 1.807) is 0 Å². The Morgan fingerprint density at radius 1 is 1.10 bits per heavy atom. The molecule has 0 aromatic heterocycles. The van der Waals surface area contributed by atoms with Crippen LogP contribution >= 0.6 is 11.6 Å². The third kappa shape index (κ3) is 7.35. The Labute approximate surface area is 178 Å². The van der Waals surface area contributed by atoms with Gasteiger partial charge in [0, 0.05) is 17.1 Å². The molecule has 0 aliphatic heterocycles. The summed E-state index contributed by atoms with van der Waals surface area (Å²) in [7, 11) is 0. The van der Waals surface area contributed by atoms with Crippen molar-refractivity contribution in [1.29, 1.82) is 0 Å². The first-order valence-corrected chi connectivity index (χ1v) is 10.3. The van der Waals surface area contributed by atoms with Crippen LogP contribution in [-0.4, -0.2) is 52.0 Å². The average Bonchev–Trinajstić information content (AvgIpc) is 2.64. The van der Waals surface area contributed by atoms with Gasteiger partial charge in [0.05, 0.1) is 12.1 Å². The number of carboxylic acid groups (broad SMARTS) is 1. The molecule has 5 nitrogen and oxygen atoms in total. The van der Waals surface area contributed by atoms with E-state index in [0.29, 0.717) is 24.5 Å². The number of nitrogens with zero attached hydrogens (tertiary/aromatic N) is 1. The number of rotatable bonds is 9. The molecule has 0 aliphatic carbocycles. The normalized spacial score (nSPS) is 13.7. The second kappa shape index (κ2) is 10.6. The molecule has 0 saturated carbocycles. The lowest BCUT2D eigenvalue weighted by atomic mass is 9.94. The fourth-order valence-corrected chi connectivity index (χ4v) is 3.71.